The van der Waals surface area contributed by atoms with Gasteiger partial charge in [-0.1, -0.05) is 11.8 Å². The number of nitrogens with zero attached hydrogens (tertiary/aromatic N) is 2. The van der Waals surface area contributed by atoms with Crippen LogP contribution in [-0.4, -0.2) is 70.2 Å². The summed E-state index contributed by atoms with van der Waals surface area (Å²) >= 11 is 1.30. The molecule has 0 spiro atoms. The van der Waals surface area contributed by atoms with E-state index in [1.807, 2.05) is 0 Å². The first-order valence-electron chi connectivity index (χ1n) is 7.87. The van der Waals surface area contributed by atoms with Crippen LogP contribution in [-0.2, 0) is 19.4 Å². The molecule has 2 saturated heterocycles. The maximum Gasteiger partial charge on any atom is 0.274 e. The number of anilines is 1. The standard InChI is InChI=1S/C16H20N2O6S2/c1-22-7-15(19)17-16-18(12-8-26(20,21)9-14(12)25-16)11-6-10(23-2)4-5-13(11)24-3/h4-6,12,14H,7-9H2,1-3H3/t12-,14+/m1/s1. The lowest BCUT2D eigenvalue weighted by Crippen LogP contribution is -2.38. The van der Waals surface area contributed by atoms with E-state index < -0.39 is 15.7 Å². The first-order valence-corrected chi connectivity index (χ1v) is 10.6. The maximum absolute atomic E-state index is 12.1. The van der Waals surface area contributed by atoms with E-state index in [2.05, 4.69) is 4.99 Å². The molecule has 0 N–H and O–H groups in total. The number of amidine groups is 1. The molecule has 0 saturated carbocycles. The quantitative estimate of drug-likeness (QED) is 0.721. The van der Waals surface area contributed by atoms with Crippen LogP contribution in [0.1, 0.15) is 0 Å². The lowest BCUT2D eigenvalue weighted by Gasteiger charge is -2.26. The number of rotatable bonds is 5. The fourth-order valence-electron chi connectivity index (χ4n) is 3.09. The zero-order valence-electron chi connectivity index (χ0n) is 14.7. The molecule has 26 heavy (non-hydrogen) atoms. The fourth-order valence-corrected chi connectivity index (χ4v) is 7.02. The van der Waals surface area contributed by atoms with Crippen molar-refractivity contribution < 1.29 is 27.4 Å². The molecule has 1 aromatic carbocycles. The van der Waals surface area contributed by atoms with Gasteiger partial charge in [0.25, 0.3) is 5.91 Å². The van der Waals surface area contributed by atoms with Crippen molar-refractivity contribution in [2.75, 3.05) is 44.3 Å². The average Bonchev–Trinajstić information content (AvgIpc) is 3.05. The van der Waals surface area contributed by atoms with Crippen molar-refractivity contribution in [1.82, 2.24) is 0 Å². The van der Waals surface area contributed by atoms with E-state index in [1.165, 1.54) is 26.0 Å². The first-order chi connectivity index (χ1) is 12.4. The van der Waals surface area contributed by atoms with Crippen LogP contribution >= 0.6 is 11.8 Å². The van der Waals surface area contributed by atoms with Crippen LogP contribution in [0.15, 0.2) is 23.2 Å². The third kappa shape index (κ3) is 3.67. The van der Waals surface area contributed by atoms with Crippen molar-refractivity contribution in [3.8, 4) is 11.5 Å². The van der Waals surface area contributed by atoms with Gasteiger partial charge >= 0.3 is 0 Å². The summed E-state index contributed by atoms with van der Waals surface area (Å²) in [6, 6.07) is 4.93. The van der Waals surface area contributed by atoms with Crippen molar-refractivity contribution in [3.63, 3.8) is 0 Å². The molecule has 8 nitrogen and oxygen atoms in total. The van der Waals surface area contributed by atoms with Crippen molar-refractivity contribution in [2.24, 2.45) is 4.99 Å². The zero-order chi connectivity index (χ0) is 18.9. The summed E-state index contributed by atoms with van der Waals surface area (Å²) in [5.41, 5.74) is 0.618. The van der Waals surface area contributed by atoms with Crippen LogP contribution in [0, 0.1) is 0 Å². The van der Waals surface area contributed by atoms with E-state index in [0.29, 0.717) is 22.4 Å². The van der Waals surface area contributed by atoms with Gasteiger partial charge in [-0.3, -0.25) is 4.79 Å². The molecule has 0 unspecified atom stereocenters. The Labute approximate surface area is 156 Å². The Balaban J connectivity index is 2.08. The number of sulfone groups is 1. The highest BCUT2D eigenvalue weighted by Crippen LogP contribution is 2.44. The van der Waals surface area contributed by atoms with Gasteiger partial charge in [0.1, 0.15) is 18.1 Å². The summed E-state index contributed by atoms with van der Waals surface area (Å²) in [7, 11) is 1.36. The SMILES string of the molecule is COCC(=O)N=C1S[C@H]2CS(=O)(=O)C[C@H]2N1c1cc(OC)ccc1OC. The fraction of sp³-hybridized carbons (Fsp3) is 0.500. The number of methoxy groups -OCH3 is 3. The van der Waals surface area contributed by atoms with Crippen LogP contribution in [0.3, 0.4) is 0 Å². The molecule has 0 aliphatic carbocycles. The molecule has 2 fully saturated rings. The second-order valence-corrected chi connectivity index (χ2v) is 9.29. The van der Waals surface area contributed by atoms with Gasteiger partial charge in [-0.25, -0.2) is 8.42 Å². The van der Waals surface area contributed by atoms with E-state index >= 15 is 0 Å². The highest BCUT2D eigenvalue weighted by molar-refractivity contribution is 8.16. The Morgan fingerprint density at radius 2 is 2.04 bits per heavy atom. The first kappa shape index (κ1) is 19.0. The minimum atomic E-state index is -3.14. The molecule has 3 rings (SSSR count). The molecular weight excluding hydrogens is 380 g/mol. The summed E-state index contributed by atoms with van der Waals surface area (Å²) in [4.78, 5) is 17.9. The van der Waals surface area contributed by atoms with Gasteiger partial charge in [0.2, 0.25) is 0 Å². The smallest absolute Gasteiger partial charge is 0.274 e. The van der Waals surface area contributed by atoms with E-state index in [9.17, 15) is 13.2 Å². The van der Waals surface area contributed by atoms with Crippen LogP contribution in [0.4, 0.5) is 5.69 Å². The number of carbonyl (C=O) groups excluding carboxylic acids is 1. The number of amides is 1. The van der Waals surface area contributed by atoms with Gasteiger partial charge < -0.3 is 19.1 Å². The second kappa shape index (κ2) is 7.45. The van der Waals surface area contributed by atoms with E-state index in [-0.39, 0.29) is 29.4 Å². The largest absolute Gasteiger partial charge is 0.497 e. The lowest BCUT2D eigenvalue weighted by atomic mass is 10.2. The highest BCUT2D eigenvalue weighted by Gasteiger charge is 2.50. The third-order valence-corrected chi connectivity index (χ3v) is 7.41. The van der Waals surface area contributed by atoms with E-state index in [4.69, 9.17) is 14.2 Å². The van der Waals surface area contributed by atoms with Crippen LogP contribution in [0.5, 0.6) is 11.5 Å². The van der Waals surface area contributed by atoms with E-state index in [0.717, 1.165) is 0 Å². The molecule has 0 bridgehead atoms. The summed E-state index contributed by atoms with van der Waals surface area (Å²) in [6.45, 7) is -0.138. The monoisotopic (exact) mass is 400 g/mol. The third-order valence-electron chi connectivity index (χ3n) is 4.20. The summed E-state index contributed by atoms with van der Waals surface area (Å²) < 4.78 is 39.8. The van der Waals surface area contributed by atoms with Crippen molar-refractivity contribution in [2.45, 2.75) is 11.3 Å². The minimum Gasteiger partial charge on any atom is -0.497 e. The number of aliphatic imine (C=N–C) groups is 1. The topological polar surface area (TPSA) is 94.5 Å². The molecule has 142 valence electrons. The molecule has 1 aromatic rings. The van der Waals surface area contributed by atoms with Crippen LogP contribution in [0.25, 0.3) is 0 Å². The lowest BCUT2D eigenvalue weighted by molar-refractivity contribution is -0.121. The second-order valence-electron chi connectivity index (χ2n) is 5.93. The van der Waals surface area contributed by atoms with Gasteiger partial charge in [-0.05, 0) is 12.1 Å². The van der Waals surface area contributed by atoms with Gasteiger partial charge in [0.05, 0.1) is 37.5 Å². The normalized spacial score (nSPS) is 25.3. The Kier molecular flexibility index (Phi) is 5.44. The minimum absolute atomic E-state index is 0.00250. The van der Waals surface area contributed by atoms with Crippen LogP contribution in [0.2, 0.25) is 0 Å². The summed E-state index contributed by atoms with van der Waals surface area (Å²) in [5.74, 6) is 0.774. The number of carbonyl (C=O) groups is 1. The zero-order valence-corrected chi connectivity index (χ0v) is 16.3. The number of hydrogen-bond acceptors (Lipinski definition) is 7. The van der Waals surface area contributed by atoms with Crippen molar-refractivity contribution in [3.05, 3.63) is 18.2 Å². The van der Waals surface area contributed by atoms with Gasteiger partial charge in [-0.15, -0.1) is 0 Å². The summed E-state index contributed by atoms with van der Waals surface area (Å²) in [6.07, 6.45) is 0. The molecule has 2 atom stereocenters. The molecule has 0 radical (unpaired) electrons. The molecule has 0 aromatic heterocycles. The predicted molar refractivity (Wildman–Crippen MR) is 100 cm³/mol. The van der Waals surface area contributed by atoms with Gasteiger partial charge in [0, 0.05) is 18.4 Å². The van der Waals surface area contributed by atoms with E-state index in [1.54, 1.807) is 30.2 Å². The van der Waals surface area contributed by atoms with Gasteiger partial charge in [-0.2, -0.15) is 4.99 Å². The number of thioether (sulfide) groups is 1. The van der Waals surface area contributed by atoms with Crippen LogP contribution < -0.4 is 14.4 Å². The van der Waals surface area contributed by atoms with Crippen molar-refractivity contribution >= 4 is 38.4 Å². The molecule has 2 heterocycles. The number of fused-ring (bicyclic) bond motifs is 1. The molecule has 1 amide bonds. The number of ether oxygens (including phenoxy) is 3. The average molecular weight is 400 g/mol. The summed E-state index contributed by atoms with van der Waals surface area (Å²) in [5, 5.41) is 0.258. The van der Waals surface area contributed by atoms with Gasteiger partial charge in [0.15, 0.2) is 15.0 Å². The molecule has 2 aliphatic heterocycles. The van der Waals surface area contributed by atoms with Crippen molar-refractivity contribution in [1.29, 1.82) is 0 Å². The Morgan fingerprint density at radius 3 is 2.69 bits per heavy atom. The Hall–Kier alpha value is -1.78. The molecule has 2 aliphatic rings. The Morgan fingerprint density at radius 1 is 1.27 bits per heavy atom. The molecule has 10 heteroatoms. The maximum atomic E-state index is 12.1. The highest BCUT2D eigenvalue weighted by atomic mass is 32.2. The Bertz CT molecular complexity index is 839. The molecular formula is C16H20N2O6S2. The predicted octanol–water partition coefficient (Wildman–Crippen LogP) is 0.952. The number of hydrogen-bond donors (Lipinski definition) is 0. The number of benzene rings is 1.